The molecule has 0 spiro atoms. The van der Waals surface area contributed by atoms with Crippen LogP contribution in [-0.2, 0) is 42.2 Å². The average Bonchev–Trinajstić information content (AvgIpc) is 2.89. The number of nitrogens with zero attached hydrogens (tertiary/aromatic N) is 3. The van der Waals surface area contributed by atoms with Gasteiger partial charge in [0.15, 0.2) is 0 Å². The predicted octanol–water partition coefficient (Wildman–Crippen LogP) is 3.93. The topological polar surface area (TPSA) is 87.6 Å². The molecule has 1 aromatic carbocycles. The van der Waals surface area contributed by atoms with Crippen molar-refractivity contribution in [1.82, 2.24) is 20.2 Å². The van der Waals surface area contributed by atoms with Gasteiger partial charge in [0.05, 0.1) is 37.7 Å². The van der Waals surface area contributed by atoms with Crippen LogP contribution in [-0.4, -0.2) is 39.6 Å². The minimum absolute atomic E-state index is 0.0463. The van der Waals surface area contributed by atoms with Crippen LogP contribution >= 0.6 is 0 Å². The molecule has 0 saturated carbocycles. The summed E-state index contributed by atoms with van der Waals surface area (Å²) >= 11 is 0. The summed E-state index contributed by atoms with van der Waals surface area (Å²) in [6.07, 6.45) is 7.05. The van der Waals surface area contributed by atoms with Crippen molar-refractivity contribution in [2.75, 3.05) is 13.7 Å². The molecule has 4 rings (SSSR count). The minimum atomic E-state index is -0.300. The molecule has 7 nitrogen and oxygen atoms in total. The Balaban J connectivity index is 1.61. The Hall–Kier alpha value is -3.13. The average molecular weight is 489 g/mol. The highest BCUT2D eigenvalue weighted by Gasteiger charge is 2.28. The van der Waals surface area contributed by atoms with E-state index in [-0.39, 0.29) is 25.2 Å². The third kappa shape index (κ3) is 6.35. The van der Waals surface area contributed by atoms with Gasteiger partial charge in [-0.2, -0.15) is 0 Å². The zero-order valence-corrected chi connectivity index (χ0v) is 21.5. The number of benzene rings is 1. The van der Waals surface area contributed by atoms with Crippen molar-refractivity contribution in [2.24, 2.45) is 0 Å². The summed E-state index contributed by atoms with van der Waals surface area (Å²) in [7, 11) is 1.38. The molecule has 0 radical (unpaired) electrons. The number of methoxy groups -OCH3 is 1. The molecule has 0 fully saturated rings. The summed E-state index contributed by atoms with van der Waals surface area (Å²) in [5, 5.41) is 13.3. The number of carbonyl (C=O) groups excluding carboxylic acids is 1. The van der Waals surface area contributed by atoms with Gasteiger partial charge in [-0.25, -0.2) is 0 Å². The SMILES string of the molecule is COC(=O)CNCc1ccc(CN(Cc2ncc(C)cc2C)[C@H]2CCCc3cccnc32)c(CO)c1. The van der Waals surface area contributed by atoms with Gasteiger partial charge < -0.3 is 15.2 Å². The van der Waals surface area contributed by atoms with Crippen LogP contribution in [0.3, 0.4) is 0 Å². The van der Waals surface area contributed by atoms with Crippen LogP contribution in [0.1, 0.15) is 63.7 Å². The predicted molar refractivity (Wildman–Crippen MR) is 139 cm³/mol. The lowest BCUT2D eigenvalue weighted by Gasteiger charge is -2.35. The van der Waals surface area contributed by atoms with Crippen molar-refractivity contribution in [2.45, 2.75) is 65.4 Å². The quantitative estimate of drug-likeness (QED) is 0.418. The lowest BCUT2D eigenvalue weighted by atomic mass is 9.90. The van der Waals surface area contributed by atoms with Gasteiger partial charge >= 0.3 is 5.97 Å². The first kappa shape index (κ1) is 25.9. The second-order valence-electron chi connectivity index (χ2n) is 9.58. The van der Waals surface area contributed by atoms with E-state index < -0.39 is 0 Å². The van der Waals surface area contributed by atoms with Crippen LogP contribution in [0.4, 0.5) is 0 Å². The molecule has 190 valence electrons. The Morgan fingerprint density at radius 3 is 2.81 bits per heavy atom. The summed E-state index contributed by atoms with van der Waals surface area (Å²) in [5.74, 6) is -0.300. The van der Waals surface area contributed by atoms with Gasteiger partial charge in [-0.15, -0.1) is 0 Å². The van der Waals surface area contributed by atoms with E-state index in [1.807, 2.05) is 24.5 Å². The molecule has 0 amide bonds. The Morgan fingerprint density at radius 1 is 1.17 bits per heavy atom. The molecule has 1 atom stereocenters. The second-order valence-corrected chi connectivity index (χ2v) is 9.58. The van der Waals surface area contributed by atoms with E-state index >= 15 is 0 Å². The zero-order chi connectivity index (χ0) is 25.5. The molecule has 36 heavy (non-hydrogen) atoms. The second kappa shape index (κ2) is 12.2. The highest BCUT2D eigenvalue weighted by Crippen LogP contribution is 2.35. The van der Waals surface area contributed by atoms with Gasteiger partial charge in [-0.3, -0.25) is 19.7 Å². The van der Waals surface area contributed by atoms with Gasteiger partial charge in [0.1, 0.15) is 0 Å². The summed E-state index contributed by atoms with van der Waals surface area (Å²) in [4.78, 5) is 23.4. The highest BCUT2D eigenvalue weighted by molar-refractivity contribution is 5.71. The van der Waals surface area contributed by atoms with E-state index in [9.17, 15) is 9.90 Å². The monoisotopic (exact) mass is 488 g/mol. The fourth-order valence-corrected chi connectivity index (χ4v) is 5.01. The summed E-state index contributed by atoms with van der Waals surface area (Å²) in [5.41, 5.74) is 8.88. The number of aromatic nitrogens is 2. The molecular formula is C29H36N4O3. The Kier molecular flexibility index (Phi) is 8.80. The third-order valence-electron chi connectivity index (χ3n) is 6.92. The van der Waals surface area contributed by atoms with E-state index in [0.717, 1.165) is 52.9 Å². The largest absolute Gasteiger partial charge is 0.468 e. The maximum Gasteiger partial charge on any atom is 0.319 e. The number of nitrogens with one attached hydrogen (secondary N) is 1. The number of aliphatic hydroxyl groups is 1. The van der Waals surface area contributed by atoms with Gasteiger partial charge in [0, 0.05) is 32.0 Å². The first-order valence-corrected chi connectivity index (χ1v) is 12.6. The Morgan fingerprint density at radius 2 is 2.03 bits per heavy atom. The Bertz CT molecular complexity index is 1200. The van der Waals surface area contributed by atoms with Crippen molar-refractivity contribution in [3.05, 3.63) is 93.6 Å². The summed E-state index contributed by atoms with van der Waals surface area (Å²) in [6.45, 7) is 6.21. The number of carbonyl (C=O) groups is 1. The van der Waals surface area contributed by atoms with E-state index in [1.54, 1.807) is 0 Å². The standard InChI is InChI=1S/C29H36N4O3/c1-20-12-21(2)26(32-14-20)18-33(27-8-4-6-23-7-5-11-31-29(23)27)17-24-10-9-22(13-25(24)19-34)15-30-16-28(35)36-3/h5,7,9-14,27,30,34H,4,6,8,15-19H2,1-3H3/t27-/m0/s1. The van der Waals surface area contributed by atoms with Gasteiger partial charge in [-0.1, -0.05) is 30.3 Å². The van der Waals surface area contributed by atoms with Crippen molar-refractivity contribution in [1.29, 1.82) is 0 Å². The van der Waals surface area contributed by atoms with Crippen LogP contribution in [0, 0.1) is 13.8 Å². The van der Waals surface area contributed by atoms with Gasteiger partial charge in [0.2, 0.25) is 0 Å². The number of fused-ring (bicyclic) bond motifs is 1. The van der Waals surface area contributed by atoms with Crippen LogP contribution in [0.25, 0.3) is 0 Å². The van der Waals surface area contributed by atoms with Crippen molar-refractivity contribution >= 4 is 5.97 Å². The molecule has 2 heterocycles. The molecule has 7 heteroatoms. The maximum atomic E-state index is 11.4. The van der Waals surface area contributed by atoms with Gasteiger partial charge in [0.25, 0.3) is 0 Å². The number of hydrogen-bond acceptors (Lipinski definition) is 7. The van der Waals surface area contributed by atoms with Gasteiger partial charge in [-0.05, 0) is 72.6 Å². The molecule has 1 aliphatic rings. The fourth-order valence-electron chi connectivity index (χ4n) is 5.01. The van der Waals surface area contributed by atoms with E-state index in [2.05, 4.69) is 53.1 Å². The number of esters is 1. The lowest BCUT2D eigenvalue weighted by Crippen LogP contribution is -2.32. The molecule has 0 aliphatic heterocycles. The molecular weight excluding hydrogens is 452 g/mol. The highest BCUT2D eigenvalue weighted by atomic mass is 16.5. The smallest absolute Gasteiger partial charge is 0.319 e. The molecule has 0 saturated heterocycles. The number of pyridine rings is 2. The summed E-state index contributed by atoms with van der Waals surface area (Å²) < 4.78 is 4.69. The first-order valence-electron chi connectivity index (χ1n) is 12.6. The number of aryl methyl sites for hydroxylation is 3. The third-order valence-corrected chi connectivity index (χ3v) is 6.92. The van der Waals surface area contributed by atoms with E-state index in [0.29, 0.717) is 19.6 Å². The van der Waals surface area contributed by atoms with Crippen molar-refractivity contribution < 1.29 is 14.6 Å². The molecule has 2 N–H and O–H groups in total. The van der Waals surface area contributed by atoms with Crippen LogP contribution in [0.15, 0.2) is 48.8 Å². The summed E-state index contributed by atoms with van der Waals surface area (Å²) in [6, 6.07) is 12.7. The number of aliphatic hydroxyl groups excluding tert-OH is 1. The number of hydrogen-bond donors (Lipinski definition) is 2. The molecule has 2 aromatic heterocycles. The van der Waals surface area contributed by atoms with Crippen molar-refractivity contribution in [3.8, 4) is 0 Å². The number of rotatable bonds is 10. The minimum Gasteiger partial charge on any atom is -0.468 e. The zero-order valence-electron chi connectivity index (χ0n) is 21.5. The van der Waals surface area contributed by atoms with Crippen molar-refractivity contribution in [3.63, 3.8) is 0 Å². The molecule has 0 unspecified atom stereocenters. The number of ether oxygens (including phenoxy) is 1. The van der Waals surface area contributed by atoms with Crippen LogP contribution < -0.4 is 5.32 Å². The van der Waals surface area contributed by atoms with Crippen LogP contribution in [0.5, 0.6) is 0 Å². The Labute approximate surface area is 213 Å². The van der Waals surface area contributed by atoms with Crippen LogP contribution in [0.2, 0.25) is 0 Å². The lowest BCUT2D eigenvalue weighted by molar-refractivity contribution is -0.139. The first-order chi connectivity index (χ1) is 17.5. The maximum absolute atomic E-state index is 11.4. The normalized spacial score (nSPS) is 15.1. The molecule has 1 aliphatic carbocycles. The fraction of sp³-hybridized carbons (Fsp3) is 0.414. The molecule has 0 bridgehead atoms. The van der Waals surface area contributed by atoms with E-state index in [4.69, 9.17) is 9.97 Å². The molecule has 3 aromatic rings. The van der Waals surface area contributed by atoms with E-state index in [1.165, 1.54) is 18.2 Å².